The van der Waals surface area contributed by atoms with Crippen molar-refractivity contribution in [2.75, 3.05) is 5.32 Å². The van der Waals surface area contributed by atoms with Crippen molar-refractivity contribution in [3.8, 4) is 5.75 Å². The molecule has 0 aliphatic carbocycles. The van der Waals surface area contributed by atoms with Gasteiger partial charge in [0, 0.05) is 16.8 Å². The van der Waals surface area contributed by atoms with Crippen LogP contribution in [0.1, 0.15) is 19.4 Å². The third-order valence-corrected chi connectivity index (χ3v) is 5.16. The Labute approximate surface area is 203 Å². The van der Waals surface area contributed by atoms with Crippen LogP contribution in [-0.2, 0) is 17.9 Å². The number of nitrogens with zero attached hydrogens (tertiary/aromatic N) is 3. The van der Waals surface area contributed by atoms with Gasteiger partial charge in [-0.1, -0.05) is 23.7 Å². The average Bonchev–Trinajstić information content (AvgIpc) is 3.21. The molecular formula is C22H22ClFN6O5. The van der Waals surface area contributed by atoms with Crippen molar-refractivity contribution in [1.82, 2.24) is 24.9 Å². The van der Waals surface area contributed by atoms with Crippen LogP contribution in [0.3, 0.4) is 0 Å². The van der Waals surface area contributed by atoms with Crippen molar-refractivity contribution >= 4 is 29.3 Å². The van der Waals surface area contributed by atoms with Crippen LogP contribution in [0.15, 0.2) is 52.1 Å². The fourth-order valence-corrected chi connectivity index (χ4v) is 3.47. The predicted molar refractivity (Wildman–Crippen MR) is 125 cm³/mol. The third kappa shape index (κ3) is 5.78. The Morgan fingerprint density at radius 2 is 1.91 bits per heavy atom. The summed E-state index contributed by atoms with van der Waals surface area (Å²) < 4.78 is 22.0. The van der Waals surface area contributed by atoms with E-state index < -0.39 is 29.5 Å². The van der Waals surface area contributed by atoms with Gasteiger partial charge in [-0.2, -0.15) is 4.98 Å². The van der Waals surface area contributed by atoms with Crippen molar-refractivity contribution in [2.45, 2.75) is 39.2 Å². The van der Waals surface area contributed by atoms with E-state index in [0.717, 1.165) is 4.57 Å². The van der Waals surface area contributed by atoms with E-state index in [0.29, 0.717) is 10.6 Å². The van der Waals surface area contributed by atoms with Crippen molar-refractivity contribution in [2.24, 2.45) is 0 Å². The number of halogens is 2. The highest BCUT2D eigenvalue weighted by molar-refractivity contribution is 6.30. The molecule has 1 aliphatic rings. The number of aromatic nitrogens is 3. The van der Waals surface area contributed by atoms with Gasteiger partial charge in [0.1, 0.15) is 6.17 Å². The topological polar surface area (TPSA) is 129 Å². The van der Waals surface area contributed by atoms with Crippen LogP contribution in [0, 0.1) is 5.82 Å². The molecule has 1 fully saturated rings. The number of nitrogens with one attached hydrogen (secondary N) is 3. The van der Waals surface area contributed by atoms with Gasteiger partial charge in [0.15, 0.2) is 11.6 Å². The zero-order valence-electron chi connectivity index (χ0n) is 18.7. The summed E-state index contributed by atoms with van der Waals surface area (Å²) in [7, 11) is 0. The van der Waals surface area contributed by atoms with E-state index in [1.807, 2.05) is 0 Å². The van der Waals surface area contributed by atoms with Crippen LogP contribution in [0.4, 0.5) is 20.8 Å². The first-order chi connectivity index (χ1) is 16.7. The number of hydroxylamine groups is 1. The molecule has 0 radical (unpaired) electrons. The number of amides is 1. The summed E-state index contributed by atoms with van der Waals surface area (Å²) in [6.07, 6.45) is -1.76. The second kappa shape index (κ2) is 10.2. The molecule has 1 aliphatic heterocycles. The first-order valence-corrected chi connectivity index (χ1v) is 11.0. The van der Waals surface area contributed by atoms with Crippen LogP contribution in [-0.4, -0.2) is 32.5 Å². The van der Waals surface area contributed by atoms with E-state index >= 15 is 0 Å². The summed E-state index contributed by atoms with van der Waals surface area (Å²) in [5.74, 6) is -0.643. The van der Waals surface area contributed by atoms with Crippen molar-refractivity contribution in [3.63, 3.8) is 0 Å². The lowest BCUT2D eigenvalue weighted by Crippen LogP contribution is -2.48. The van der Waals surface area contributed by atoms with Crippen LogP contribution < -0.4 is 32.2 Å². The zero-order chi connectivity index (χ0) is 25.1. The van der Waals surface area contributed by atoms with E-state index in [9.17, 15) is 18.8 Å². The molecule has 1 amide bonds. The molecule has 1 aromatic heterocycles. The SMILES string of the molecule is CC(C)Oc1ccc(Nc2nc(=O)n(CC3NOC(=O)N3)c(=O)n2Cc2ccc(Cl)cc2)cc1F. The lowest BCUT2D eigenvalue weighted by molar-refractivity contribution is 0.118. The number of anilines is 2. The lowest BCUT2D eigenvalue weighted by Gasteiger charge is -2.17. The molecule has 1 atom stereocenters. The fraction of sp³-hybridized carbons (Fsp3) is 0.273. The van der Waals surface area contributed by atoms with Gasteiger partial charge in [-0.25, -0.2) is 23.3 Å². The predicted octanol–water partition coefficient (Wildman–Crippen LogP) is 2.35. The number of hydrogen-bond acceptors (Lipinski definition) is 8. The highest BCUT2D eigenvalue weighted by Gasteiger charge is 2.25. The molecule has 2 heterocycles. The maximum atomic E-state index is 14.5. The molecule has 2 aromatic carbocycles. The Kier molecular flexibility index (Phi) is 7.03. The molecule has 184 valence electrons. The molecule has 11 nitrogen and oxygen atoms in total. The molecular weight excluding hydrogens is 483 g/mol. The van der Waals surface area contributed by atoms with Crippen molar-refractivity contribution in [1.29, 1.82) is 0 Å². The molecule has 1 saturated heterocycles. The number of benzene rings is 2. The molecule has 35 heavy (non-hydrogen) atoms. The Bertz CT molecular complexity index is 1360. The van der Waals surface area contributed by atoms with E-state index in [-0.39, 0.29) is 36.6 Å². The molecule has 0 saturated carbocycles. The number of rotatable bonds is 8. The summed E-state index contributed by atoms with van der Waals surface area (Å²) in [5, 5.41) is 5.78. The number of carbonyl (C=O) groups excluding carboxylic acids is 1. The summed E-state index contributed by atoms with van der Waals surface area (Å²) in [6.45, 7) is 3.36. The van der Waals surface area contributed by atoms with Crippen LogP contribution >= 0.6 is 11.6 Å². The number of hydrogen-bond donors (Lipinski definition) is 3. The monoisotopic (exact) mass is 504 g/mol. The van der Waals surface area contributed by atoms with Crippen LogP contribution in [0.2, 0.25) is 5.02 Å². The number of carbonyl (C=O) groups is 1. The summed E-state index contributed by atoms with van der Waals surface area (Å²) in [6, 6.07) is 10.9. The largest absolute Gasteiger partial charge is 0.488 e. The van der Waals surface area contributed by atoms with E-state index in [4.69, 9.17) is 16.3 Å². The second-order valence-corrected chi connectivity index (χ2v) is 8.40. The third-order valence-electron chi connectivity index (χ3n) is 4.91. The summed E-state index contributed by atoms with van der Waals surface area (Å²) >= 11 is 5.96. The minimum absolute atomic E-state index is 0.0313. The van der Waals surface area contributed by atoms with Gasteiger partial charge < -0.3 is 14.9 Å². The highest BCUT2D eigenvalue weighted by Crippen LogP contribution is 2.24. The van der Waals surface area contributed by atoms with Gasteiger partial charge in [-0.3, -0.25) is 9.88 Å². The van der Waals surface area contributed by atoms with Gasteiger partial charge in [-0.05, 0) is 43.7 Å². The Hall–Kier alpha value is -3.90. The maximum absolute atomic E-state index is 14.5. The standard InChI is InChI=1S/C22H22ClFN6O5/c1-12(2)34-17-8-7-15(9-16(17)24)25-19-27-20(31)30(11-18-26-21(32)35-28-18)22(33)29(19)10-13-3-5-14(23)6-4-13/h3-9,12,18,28H,10-11H2,1-2H3,(H,26,32)(H,25,27,31). The normalized spacial score (nSPS) is 15.1. The van der Waals surface area contributed by atoms with Gasteiger partial charge >= 0.3 is 17.5 Å². The highest BCUT2D eigenvalue weighted by atomic mass is 35.5. The molecule has 4 rings (SSSR count). The van der Waals surface area contributed by atoms with Gasteiger partial charge in [0.2, 0.25) is 5.95 Å². The average molecular weight is 505 g/mol. The minimum Gasteiger partial charge on any atom is -0.488 e. The quantitative estimate of drug-likeness (QED) is 0.426. The summed E-state index contributed by atoms with van der Waals surface area (Å²) in [5.41, 5.74) is 1.77. The molecule has 13 heteroatoms. The first kappa shape index (κ1) is 24.2. The molecule has 3 aromatic rings. The number of ether oxygens (including phenoxy) is 1. The zero-order valence-corrected chi connectivity index (χ0v) is 19.5. The smallest absolute Gasteiger partial charge is 0.427 e. The molecule has 0 bridgehead atoms. The summed E-state index contributed by atoms with van der Waals surface area (Å²) in [4.78, 5) is 45.9. The van der Waals surface area contributed by atoms with E-state index in [1.165, 1.54) is 16.7 Å². The van der Waals surface area contributed by atoms with Crippen molar-refractivity contribution in [3.05, 3.63) is 79.8 Å². The van der Waals surface area contributed by atoms with E-state index in [2.05, 4.69) is 25.9 Å². The van der Waals surface area contributed by atoms with Crippen LogP contribution in [0.25, 0.3) is 0 Å². The Morgan fingerprint density at radius 1 is 1.17 bits per heavy atom. The van der Waals surface area contributed by atoms with Gasteiger partial charge in [-0.15, -0.1) is 5.48 Å². The minimum atomic E-state index is -0.868. The molecule has 1 unspecified atom stereocenters. The van der Waals surface area contributed by atoms with Crippen LogP contribution in [0.5, 0.6) is 5.75 Å². The van der Waals surface area contributed by atoms with Gasteiger partial charge in [0.05, 0.1) is 19.2 Å². The molecule has 0 spiro atoms. The maximum Gasteiger partial charge on any atom is 0.427 e. The first-order valence-electron chi connectivity index (χ1n) is 10.6. The van der Waals surface area contributed by atoms with E-state index in [1.54, 1.807) is 44.2 Å². The Morgan fingerprint density at radius 3 is 2.54 bits per heavy atom. The lowest BCUT2D eigenvalue weighted by atomic mass is 10.2. The fourth-order valence-electron chi connectivity index (χ4n) is 3.34. The van der Waals surface area contributed by atoms with Gasteiger partial charge in [0.25, 0.3) is 0 Å². The Balaban J connectivity index is 1.71. The second-order valence-electron chi connectivity index (χ2n) is 7.96. The van der Waals surface area contributed by atoms with Crippen molar-refractivity contribution < 1.29 is 18.8 Å². The molecule has 3 N–H and O–H groups in total.